The second kappa shape index (κ2) is 13.2. The SMILES string of the molecule is Cc1cccc(CN(CC(=O)Nc2ccc(-c3ccccc3S(N)(=O)=O)cc2)c2ccccc2)c1.N=CN. The predicted molar refractivity (Wildman–Crippen MR) is 154 cm³/mol. The summed E-state index contributed by atoms with van der Waals surface area (Å²) in [4.78, 5) is 15.0. The molecule has 8 nitrogen and oxygen atoms in total. The van der Waals surface area contributed by atoms with Gasteiger partial charge in [-0.05, 0) is 48.4 Å². The van der Waals surface area contributed by atoms with Crippen LogP contribution in [0, 0.1) is 12.3 Å². The fourth-order valence-corrected chi connectivity index (χ4v) is 4.73. The van der Waals surface area contributed by atoms with E-state index in [2.05, 4.69) is 23.2 Å². The number of amides is 1. The quantitative estimate of drug-likeness (QED) is 0.196. The van der Waals surface area contributed by atoms with Crippen molar-refractivity contribution in [3.8, 4) is 11.1 Å². The molecule has 1 amide bonds. The van der Waals surface area contributed by atoms with Gasteiger partial charge in [0, 0.05) is 23.5 Å². The molecule has 0 saturated heterocycles. The zero-order valence-corrected chi connectivity index (χ0v) is 21.9. The molecule has 0 aliphatic rings. The monoisotopic (exact) mass is 529 g/mol. The third kappa shape index (κ3) is 8.02. The van der Waals surface area contributed by atoms with Gasteiger partial charge >= 0.3 is 0 Å². The van der Waals surface area contributed by atoms with E-state index in [0.29, 0.717) is 23.4 Å². The summed E-state index contributed by atoms with van der Waals surface area (Å²) in [6.07, 6.45) is 0.750. The molecule has 9 heteroatoms. The first kappa shape index (κ1) is 28.1. The Hall–Kier alpha value is -4.47. The van der Waals surface area contributed by atoms with Gasteiger partial charge in [0.15, 0.2) is 0 Å². The smallest absolute Gasteiger partial charge is 0.243 e. The van der Waals surface area contributed by atoms with Crippen LogP contribution in [0.4, 0.5) is 11.4 Å². The normalized spacial score (nSPS) is 10.6. The second-order valence-corrected chi connectivity index (χ2v) is 10.0. The molecule has 0 atom stereocenters. The highest BCUT2D eigenvalue weighted by molar-refractivity contribution is 7.89. The van der Waals surface area contributed by atoms with Gasteiger partial charge in [-0.25, -0.2) is 13.6 Å². The number of hydrogen-bond acceptors (Lipinski definition) is 5. The highest BCUT2D eigenvalue weighted by Gasteiger charge is 2.15. The lowest BCUT2D eigenvalue weighted by Gasteiger charge is -2.24. The van der Waals surface area contributed by atoms with Crippen LogP contribution in [0.1, 0.15) is 11.1 Å². The van der Waals surface area contributed by atoms with Crippen molar-refractivity contribution in [1.82, 2.24) is 0 Å². The van der Waals surface area contributed by atoms with Gasteiger partial charge in [0.25, 0.3) is 0 Å². The van der Waals surface area contributed by atoms with Crippen molar-refractivity contribution in [2.24, 2.45) is 10.9 Å². The van der Waals surface area contributed by atoms with Crippen LogP contribution >= 0.6 is 0 Å². The Morgan fingerprint density at radius 2 is 1.55 bits per heavy atom. The maximum Gasteiger partial charge on any atom is 0.243 e. The van der Waals surface area contributed by atoms with Crippen LogP contribution in [-0.4, -0.2) is 27.2 Å². The number of nitrogens with one attached hydrogen (secondary N) is 2. The van der Waals surface area contributed by atoms with Gasteiger partial charge < -0.3 is 16.0 Å². The molecule has 0 bridgehead atoms. The van der Waals surface area contributed by atoms with E-state index in [1.165, 1.54) is 11.6 Å². The summed E-state index contributed by atoms with van der Waals surface area (Å²) in [5.41, 5.74) is 9.47. The Labute approximate surface area is 223 Å². The number of sulfonamides is 1. The fourth-order valence-electron chi connectivity index (χ4n) is 3.97. The third-order valence-corrected chi connectivity index (χ3v) is 6.55. The summed E-state index contributed by atoms with van der Waals surface area (Å²) in [7, 11) is -3.85. The summed E-state index contributed by atoms with van der Waals surface area (Å²) in [5, 5.41) is 14.2. The largest absolute Gasteiger partial charge is 0.390 e. The first-order valence-corrected chi connectivity index (χ1v) is 13.3. The van der Waals surface area contributed by atoms with Crippen molar-refractivity contribution in [3.05, 3.63) is 114 Å². The van der Waals surface area contributed by atoms with Crippen LogP contribution < -0.4 is 21.1 Å². The van der Waals surface area contributed by atoms with E-state index in [9.17, 15) is 13.2 Å². The van der Waals surface area contributed by atoms with E-state index in [1.807, 2.05) is 54.3 Å². The zero-order chi connectivity index (χ0) is 27.5. The lowest BCUT2D eigenvalue weighted by Crippen LogP contribution is -2.32. The molecule has 4 aromatic carbocycles. The number of anilines is 2. The minimum absolute atomic E-state index is 0.0615. The van der Waals surface area contributed by atoms with E-state index in [0.717, 1.165) is 17.6 Å². The summed E-state index contributed by atoms with van der Waals surface area (Å²) < 4.78 is 23.8. The number of nitrogens with zero attached hydrogens (tertiary/aromatic N) is 1. The summed E-state index contributed by atoms with van der Waals surface area (Å²) in [6.45, 7) is 2.82. The molecule has 4 aromatic rings. The van der Waals surface area contributed by atoms with Gasteiger partial charge in [-0.15, -0.1) is 0 Å². The first-order chi connectivity index (χ1) is 18.2. The van der Waals surface area contributed by atoms with Crippen molar-refractivity contribution in [3.63, 3.8) is 0 Å². The maximum absolute atomic E-state index is 12.9. The number of hydrogen-bond donors (Lipinski definition) is 4. The molecule has 6 N–H and O–H groups in total. The number of nitrogens with two attached hydrogens (primary N) is 2. The number of rotatable bonds is 8. The minimum atomic E-state index is -3.85. The lowest BCUT2D eigenvalue weighted by atomic mass is 10.1. The highest BCUT2D eigenvalue weighted by atomic mass is 32.2. The van der Waals surface area contributed by atoms with Gasteiger partial charge in [0.1, 0.15) is 0 Å². The molecular formula is C29H31N5O3S. The third-order valence-electron chi connectivity index (χ3n) is 5.58. The van der Waals surface area contributed by atoms with Crippen LogP contribution in [0.15, 0.2) is 108 Å². The maximum atomic E-state index is 12.9. The van der Waals surface area contributed by atoms with Crippen molar-refractivity contribution < 1.29 is 13.2 Å². The Morgan fingerprint density at radius 1 is 0.921 bits per heavy atom. The molecule has 196 valence electrons. The number of primary sulfonamides is 1. The average Bonchev–Trinajstić information content (AvgIpc) is 2.89. The summed E-state index contributed by atoms with van der Waals surface area (Å²) in [6, 6.07) is 31.7. The van der Waals surface area contributed by atoms with Crippen molar-refractivity contribution in [1.29, 1.82) is 5.41 Å². The molecule has 0 radical (unpaired) electrons. The van der Waals surface area contributed by atoms with Gasteiger partial charge in [0.2, 0.25) is 15.9 Å². The zero-order valence-electron chi connectivity index (χ0n) is 21.0. The molecular weight excluding hydrogens is 498 g/mol. The number of para-hydroxylation sites is 1. The van der Waals surface area contributed by atoms with Gasteiger partial charge in [-0.3, -0.25) is 10.2 Å². The van der Waals surface area contributed by atoms with Crippen molar-refractivity contribution in [2.75, 3.05) is 16.8 Å². The van der Waals surface area contributed by atoms with Crippen LogP contribution in [0.3, 0.4) is 0 Å². The van der Waals surface area contributed by atoms with Crippen LogP contribution in [-0.2, 0) is 21.4 Å². The van der Waals surface area contributed by atoms with Crippen molar-refractivity contribution in [2.45, 2.75) is 18.4 Å². The molecule has 0 aliphatic carbocycles. The lowest BCUT2D eigenvalue weighted by molar-refractivity contribution is -0.115. The molecule has 4 rings (SSSR count). The average molecular weight is 530 g/mol. The minimum Gasteiger partial charge on any atom is -0.390 e. The Balaban J connectivity index is 0.00000127. The summed E-state index contributed by atoms with van der Waals surface area (Å²) in [5.74, 6) is -0.154. The second-order valence-electron chi connectivity index (χ2n) is 8.51. The van der Waals surface area contributed by atoms with E-state index >= 15 is 0 Å². The van der Waals surface area contributed by atoms with Crippen LogP contribution in [0.5, 0.6) is 0 Å². The molecule has 0 aliphatic heterocycles. The number of carbonyl (C=O) groups is 1. The Bertz CT molecular complexity index is 1470. The topological polar surface area (TPSA) is 142 Å². The van der Waals surface area contributed by atoms with E-state index in [4.69, 9.17) is 10.5 Å². The molecule has 0 saturated carbocycles. The highest BCUT2D eigenvalue weighted by Crippen LogP contribution is 2.27. The Morgan fingerprint density at radius 3 is 2.18 bits per heavy atom. The molecule has 38 heavy (non-hydrogen) atoms. The standard InChI is InChI=1S/C28H27N3O3S.CH4N2/c1-21-8-7-9-22(18-21)19-31(25-10-3-2-4-11-25)20-28(32)30-24-16-14-23(15-17-24)26-12-5-6-13-27(26)35(29,33)34;2-1-3/h2-18H,19-20H2,1H3,(H,30,32)(H2,29,33,34);1H,(H3,2,3). The van der Waals surface area contributed by atoms with Gasteiger partial charge in [-0.1, -0.05) is 78.4 Å². The molecule has 0 spiro atoms. The number of aryl methyl sites for hydroxylation is 1. The first-order valence-electron chi connectivity index (χ1n) is 11.8. The fraction of sp³-hybridized carbons (Fsp3) is 0.103. The molecule has 0 unspecified atom stereocenters. The summed E-state index contributed by atoms with van der Waals surface area (Å²) >= 11 is 0. The van der Waals surface area contributed by atoms with Gasteiger partial charge in [0.05, 0.1) is 17.8 Å². The van der Waals surface area contributed by atoms with E-state index in [-0.39, 0.29) is 17.3 Å². The van der Waals surface area contributed by atoms with Gasteiger partial charge in [-0.2, -0.15) is 0 Å². The number of benzene rings is 4. The van der Waals surface area contributed by atoms with Crippen molar-refractivity contribution >= 4 is 33.6 Å². The number of carbonyl (C=O) groups excluding carboxylic acids is 1. The molecule has 0 heterocycles. The molecule has 0 aromatic heterocycles. The van der Waals surface area contributed by atoms with Crippen LogP contribution in [0.25, 0.3) is 11.1 Å². The predicted octanol–water partition coefficient (Wildman–Crippen LogP) is 4.51. The van der Waals surface area contributed by atoms with E-state index < -0.39 is 10.0 Å². The Kier molecular flexibility index (Phi) is 9.75. The molecule has 0 fully saturated rings. The van der Waals surface area contributed by atoms with E-state index in [1.54, 1.807) is 42.5 Å². The van der Waals surface area contributed by atoms with Crippen LogP contribution in [0.2, 0.25) is 0 Å².